The predicted octanol–water partition coefficient (Wildman–Crippen LogP) is 2.52. The van der Waals surface area contributed by atoms with Gasteiger partial charge in [-0.05, 0) is 31.6 Å². The zero-order valence-corrected chi connectivity index (χ0v) is 7.18. The first-order valence-corrected chi connectivity index (χ1v) is 4.72. The molecule has 1 aliphatic carbocycles. The fraction of sp³-hybridized carbons (Fsp3) is 0.800. The number of rotatable bonds is 2. The van der Waals surface area contributed by atoms with Gasteiger partial charge in [0.05, 0.1) is 12.7 Å². The summed E-state index contributed by atoms with van der Waals surface area (Å²) in [6.07, 6.45) is 7.99. The van der Waals surface area contributed by atoms with E-state index in [4.69, 9.17) is 4.74 Å². The maximum absolute atomic E-state index is 5.56. The van der Waals surface area contributed by atoms with E-state index < -0.39 is 0 Å². The summed E-state index contributed by atoms with van der Waals surface area (Å²) in [5, 5.41) is 0. The highest BCUT2D eigenvalue weighted by atomic mass is 16.5. The third kappa shape index (κ3) is 1.64. The van der Waals surface area contributed by atoms with Gasteiger partial charge in [-0.2, -0.15) is 0 Å². The van der Waals surface area contributed by atoms with E-state index in [-0.39, 0.29) is 0 Å². The smallest absolute Gasteiger partial charge is 0.0756 e. The summed E-state index contributed by atoms with van der Waals surface area (Å²) in [5.74, 6) is 0.952. The Morgan fingerprint density at radius 1 is 1.55 bits per heavy atom. The van der Waals surface area contributed by atoms with Crippen molar-refractivity contribution in [2.24, 2.45) is 5.92 Å². The molecule has 0 amide bonds. The molecule has 1 heterocycles. The van der Waals surface area contributed by atoms with Gasteiger partial charge in [0, 0.05) is 0 Å². The molecule has 1 atom stereocenters. The molecule has 1 nitrogen and oxygen atoms in total. The van der Waals surface area contributed by atoms with Gasteiger partial charge in [-0.1, -0.05) is 18.6 Å². The number of ether oxygens (including phenoxy) is 1. The second-order valence-corrected chi connectivity index (χ2v) is 3.58. The first-order valence-electron chi connectivity index (χ1n) is 4.72. The standard InChI is InChI=1S/C10H16O/c1-2-10-7-9(5-6-11-10)8-3-4-8/h7-8,10H,2-6H2,1H3. The Balaban J connectivity index is 2.00. The largest absolute Gasteiger partial charge is 0.374 e. The lowest BCUT2D eigenvalue weighted by Crippen LogP contribution is -2.16. The molecule has 0 N–H and O–H groups in total. The molecular weight excluding hydrogens is 136 g/mol. The number of hydrogen-bond donors (Lipinski definition) is 0. The molecule has 1 heteroatoms. The van der Waals surface area contributed by atoms with Crippen LogP contribution in [-0.2, 0) is 4.74 Å². The van der Waals surface area contributed by atoms with E-state index in [2.05, 4.69) is 13.0 Å². The van der Waals surface area contributed by atoms with Crippen molar-refractivity contribution in [1.82, 2.24) is 0 Å². The molecule has 2 rings (SSSR count). The van der Waals surface area contributed by atoms with Crippen molar-refractivity contribution in [3.05, 3.63) is 11.6 Å². The quantitative estimate of drug-likeness (QED) is 0.552. The summed E-state index contributed by atoms with van der Waals surface area (Å²) in [6.45, 7) is 3.15. The normalized spacial score (nSPS) is 31.7. The Bertz CT molecular complexity index is 168. The van der Waals surface area contributed by atoms with Crippen molar-refractivity contribution in [3.63, 3.8) is 0 Å². The van der Waals surface area contributed by atoms with Crippen molar-refractivity contribution < 1.29 is 4.74 Å². The topological polar surface area (TPSA) is 9.23 Å². The van der Waals surface area contributed by atoms with E-state index in [1.165, 1.54) is 19.3 Å². The third-order valence-corrected chi connectivity index (χ3v) is 2.63. The van der Waals surface area contributed by atoms with Gasteiger partial charge in [0.15, 0.2) is 0 Å². The first kappa shape index (κ1) is 7.35. The van der Waals surface area contributed by atoms with Crippen LogP contribution in [0.5, 0.6) is 0 Å². The Morgan fingerprint density at radius 3 is 3.00 bits per heavy atom. The molecule has 1 saturated carbocycles. The summed E-state index contributed by atoms with van der Waals surface area (Å²) in [5.41, 5.74) is 1.68. The van der Waals surface area contributed by atoms with Gasteiger partial charge in [0.25, 0.3) is 0 Å². The molecule has 1 unspecified atom stereocenters. The molecule has 1 fully saturated rings. The highest BCUT2D eigenvalue weighted by molar-refractivity contribution is 5.16. The molecule has 0 aromatic carbocycles. The Kier molecular flexibility index (Phi) is 1.99. The van der Waals surface area contributed by atoms with Gasteiger partial charge in [-0.25, -0.2) is 0 Å². The molecule has 0 bridgehead atoms. The lowest BCUT2D eigenvalue weighted by molar-refractivity contribution is 0.0732. The van der Waals surface area contributed by atoms with Gasteiger partial charge >= 0.3 is 0 Å². The molecule has 11 heavy (non-hydrogen) atoms. The maximum atomic E-state index is 5.56. The Morgan fingerprint density at radius 2 is 2.36 bits per heavy atom. The minimum absolute atomic E-state index is 0.430. The summed E-state index contributed by atoms with van der Waals surface area (Å²) in [4.78, 5) is 0. The highest BCUT2D eigenvalue weighted by Crippen LogP contribution is 2.39. The summed E-state index contributed by atoms with van der Waals surface area (Å²) in [7, 11) is 0. The second-order valence-electron chi connectivity index (χ2n) is 3.58. The third-order valence-electron chi connectivity index (χ3n) is 2.63. The van der Waals surface area contributed by atoms with E-state index in [9.17, 15) is 0 Å². The monoisotopic (exact) mass is 152 g/mol. The van der Waals surface area contributed by atoms with Gasteiger partial charge in [0.1, 0.15) is 0 Å². The zero-order valence-electron chi connectivity index (χ0n) is 7.18. The SMILES string of the molecule is CCC1C=C(C2CC2)CCO1. The van der Waals surface area contributed by atoms with Gasteiger partial charge in [0.2, 0.25) is 0 Å². The van der Waals surface area contributed by atoms with Crippen molar-refractivity contribution in [2.75, 3.05) is 6.61 Å². The van der Waals surface area contributed by atoms with Crippen LogP contribution >= 0.6 is 0 Å². The van der Waals surface area contributed by atoms with Crippen LogP contribution in [0.15, 0.2) is 11.6 Å². The van der Waals surface area contributed by atoms with Gasteiger partial charge in [-0.3, -0.25) is 0 Å². The summed E-state index contributed by atoms with van der Waals surface area (Å²) >= 11 is 0. The van der Waals surface area contributed by atoms with Crippen molar-refractivity contribution >= 4 is 0 Å². The van der Waals surface area contributed by atoms with Crippen LogP contribution < -0.4 is 0 Å². The average Bonchev–Trinajstić information content (AvgIpc) is 2.87. The fourth-order valence-corrected chi connectivity index (χ4v) is 1.73. The van der Waals surface area contributed by atoms with E-state index in [0.717, 1.165) is 18.9 Å². The van der Waals surface area contributed by atoms with Crippen LogP contribution in [0.3, 0.4) is 0 Å². The van der Waals surface area contributed by atoms with E-state index >= 15 is 0 Å². The first-order chi connectivity index (χ1) is 5.40. The van der Waals surface area contributed by atoms with Crippen LogP contribution in [0.4, 0.5) is 0 Å². The van der Waals surface area contributed by atoms with Gasteiger partial charge < -0.3 is 4.74 Å². The lowest BCUT2D eigenvalue weighted by Gasteiger charge is -2.20. The zero-order chi connectivity index (χ0) is 7.68. The lowest BCUT2D eigenvalue weighted by atomic mass is 10.0. The van der Waals surface area contributed by atoms with Crippen molar-refractivity contribution in [3.8, 4) is 0 Å². The Hall–Kier alpha value is -0.300. The summed E-state index contributed by atoms with van der Waals surface area (Å²) < 4.78 is 5.56. The maximum Gasteiger partial charge on any atom is 0.0756 e. The van der Waals surface area contributed by atoms with Crippen molar-refractivity contribution in [2.45, 2.75) is 38.7 Å². The average molecular weight is 152 g/mol. The van der Waals surface area contributed by atoms with Gasteiger partial charge in [-0.15, -0.1) is 0 Å². The minimum Gasteiger partial charge on any atom is -0.374 e. The fourth-order valence-electron chi connectivity index (χ4n) is 1.73. The van der Waals surface area contributed by atoms with Crippen molar-refractivity contribution in [1.29, 1.82) is 0 Å². The molecule has 0 aromatic heterocycles. The Labute approximate surface area is 68.4 Å². The molecule has 62 valence electrons. The van der Waals surface area contributed by atoms with Crippen LogP contribution in [-0.4, -0.2) is 12.7 Å². The molecule has 1 aliphatic heterocycles. The van der Waals surface area contributed by atoms with Crippen LogP contribution in [0, 0.1) is 5.92 Å². The van der Waals surface area contributed by atoms with E-state index in [1.807, 2.05) is 0 Å². The molecule has 0 aromatic rings. The molecule has 0 spiro atoms. The molecular formula is C10H16O. The van der Waals surface area contributed by atoms with Crippen LogP contribution in [0.25, 0.3) is 0 Å². The number of hydrogen-bond acceptors (Lipinski definition) is 1. The second kappa shape index (κ2) is 2.98. The van der Waals surface area contributed by atoms with Crippen LogP contribution in [0.1, 0.15) is 32.6 Å². The van der Waals surface area contributed by atoms with Crippen LogP contribution in [0.2, 0.25) is 0 Å². The van der Waals surface area contributed by atoms with E-state index in [0.29, 0.717) is 6.10 Å². The molecule has 2 aliphatic rings. The molecule has 0 radical (unpaired) electrons. The minimum atomic E-state index is 0.430. The highest BCUT2D eigenvalue weighted by Gasteiger charge is 2.27. The van der Waals surface area contributed by atoms with E-state index in [1.54, 1.807) is 5.57 Å². The predicted molar refractivity (Wildman–Crippen MR) is 45.5 cm³/mol. The summed E-state index contributed by atoms with van der Waals surface area (Å²) in [6, 6.07) is 0. The molecule has 0 saturated heterocycles.